The lowest BCUT2D eigenvalue weighted by Crippen LogP contribution is -2.35. The lowest BCUT2D eigenvalue weighted by molar-refractivity contribution is 0.102. The fourth-order valence-corrected chi connectivity index (χ4v) is 4.87. The number of hydrogen-bond donors (Lipinski definition) is 1. The molecule has 6 nitrogen and oxygen atoms in total. The van der Waals surface area contributed by atoms with Crippen molar-refractivity contribution in [3.63, 3.8) is 0 Å². The first-order valence-electron chi connectivity index (χ1n) is 9.36. The number of rotatable bonds is 6. The summed E-state index contributed by atoms with van der Waals surface area (Å²) in [5.41, 5.74) is -0.0505. The molecular formula is C20H22ClFN2O4S. The van der Waals surface area contributed by atoms with Crippen LogP contribution in [0.25, 0.3) is 0 Å². The van der Waals surface area contributed by atoms with E-state index in [-0.39, 0.29) is 21.2 Å². The fourth-order valence-electron chi connectivity index (χ4n) is 3.17. The van der Waals surface area contributed by atoms with Gasteiger partial charge in [-0.3, -0.25) is 4.79 Å². The van der Waals surface area contributed by atoms with Gasteiger partial charge in [0.1, 0.15) is 11.6 Å². The summed E-state index contributed by atoms with van der Waals surface area (Å²) in [6.45, 7) is 3.01. The number of amides is 1. The van der Waals surface area contributed by atoms with Gasteiger partial charge in [0.25, 0.3) is 5.91 Å². The van der Waals surface area contributed by atoms with Gasteiger partial charge in [-0.1, -0.05) is 18.0 Å². The number of nitrogens with one attached hydrogen (secondary N) is 1. The summed E-state index contributed by atoms with van der Waals surface area (Å²) in [6, 6.07) is 8.00. The van der Waals surface area contributed by atoms with E-state index in [1.54, 1.807) is 6.92 Å². The van der Waals surface area contributed by atoms with Gasteiger partial charge in [-0.05, 0) is 56.2 Å². The van der Waals surface area contributed by atoms with E-state index in [2.05, 4.69) is 5.32 Å². The number of halogens is 2. The third-order valence-corrected chi connectivity index (χ3v) is 6.76. The van der Waals surface area contributed by atoms with E-state index in [0.29, 0.717) is 25.4 Å². The smallest absolute Gasteiger partial charge is 0.258 e. The number of carbonyl (C=O) groups is 1. The molecule has 0 atom stereocenters. The van der Waals surface area contributed by atoms with Crippen LogP contribution in [0.3, 0.4) is 0 Å². The van der Waals surface area contributed by atoms with Crippen molar-refractivity contribution in [3.8, 4) is 5.75 Å². The Hall–Kier alpha value is -2.16. The van der Waals surface area contributed by atoms with Crippen molar-refractivity contribution >= 4 is 33.2 Å². The second-order valence-corrected chi connectivity index (χ2v) is 9.01. The van der Waals surface area contributed by atoms with Crippen molar-refractivity contribution in [2.75, 3.05) is 25.0 Å². The van der Waals surface area contributed by atoms with Gasteiger partial charge in [0.2, 0.25) is 10.0 Å². The molecule has 2 aromatic rings. The van der Waals surface area contributed by atoms with E-state index in [1.165, 1.54) is 34.6 Å². The van der Waals surface area contributed by atoms with Crippen LogP contribution in [-0.4, -0.2) is 38.3 Å². The molecular weight excluding hydrogens is 419 g/mol. The maximum absolute atomic E-state index is 14.1. The first-order valence-corrected chi connectivity index (χ1v) is 11.2. The Morgan fingerprint density at radius 2 is 1.90 bits per heavy atom. The van der Waals surface area contributed by atoms with Crippen molar-refractivity contribution in [2.45, 2.75) is 31.1 Å². The highest BCUT2D eigenvalue weighted by molar-refractivity contribution is 7.89. The summed E-state index contributed by atoms with van der Waals surface area (Å²) in [5.74, 6) is -1.20. The summed E-state index contributed by atoms with van der Waals surface area (Å²) in [6.07, 6.45) is 2.63. The SMILES string of the molecule is CCOc1ccc(S(=O)(=O)N2CCCCC2)cc1NC(=O)c1ccc(Cl)cc1F. The second kappa shape index (κ2) is 9.11. The molecule has 0 bridgehead atoms. The number of hydrogen-bond acceptors (Lipinski definition) is 4. The summed E-state index contributed by atoms with van der Waals surface area (Å²) >= 11 is 5.73. The van der Waals surface area contributed by atoms with Crippen LogP contribution in [0.2, 0.25) is 5.02 Å². The molecule has 156 valence electrons. The molecule has 0 unspecified atom stereocenters. The second-order valence-electron chi connectivity index (χ2n) is 6.63. The van der Waals surface area contributed by atoms with Gasteiger partial charge < -0.3 is 10.1 Å². The largest absolute Gasteiger partial charge is 0.492 e. The molecule has 29 heavy (non-hydrogen) atoms. The van der Waals surface area contributed by atoms with Crippen molar-refractivity contribution in [1.29, 1.82) is 0 Å². The molecule has 9 heteroatoms. The third kappa shape index (κ3) is 4.88. The van der Waals surface area contributed by atoms with E-state index in [1.807, 2.05) is 0 Å². The standard InChI is InChI=1S/C20H22ClFN2O4S/c1-2-28-19-9-7-15(29(26,27)24-10-4-3-5-11-24)13-18(19)23-20(25)16-8-6-14(21)12-17(16)22/h6-9,12-13H,2-5,10-11H2,1H3,(H,23,25). The monoisotopic (exact) mass is 440 g/mol. The molecule has 1 saturated heterocycles. The summed E-state index contributed by atoms with van der Waals surface area (Å²) in [4.78, 5) is 12.6. The van der Waals surface area contributed by atoms with Crippen LogP contribution in [-0.2, 0) is 10.0 Å². The van der Waals surface area contributed by atoms with E-state index in [4.69, 9.17) is 16.3 Å². The molecule has 0 spiro atoms. The minimum absolute atomic E-state index is 0.0507. The zero-order chi connectivity index (χ0) is 21.0. The summed E-state index contributed by atoms with van der Waals surface area (Å²) < 4.78 is 46.9. The highest BCUT2D eigenvalue weighted by Crippen LogP contribution is 2.31. The fraction of sp³-hybridized carbons (Fsp3) is 0.350. The van der Waals surface area contributed by atoms with Crippen LogP contribution in [0.1, 0.15) is 36.5 Å². The molecule has 1 aliphatic rings. The highest BCUT2D eigenvalue weighted by atomic mass is 35.5. The van der Waals surface area contributed by atoms with Gasteiger partial charge in [0.15, 0.2) is 0 Å². The predicted molar refractivity (Wildman–Crippen MR) is 110 cm³/mol. The van der Waals surface area contributed by atoms with E-state index >= 15 is 0 Å². The molecule has 1 aliphatic heterocycles. The maximum atomic E-state index is 14.1. The Bertz CT molecular complexity index is 1010. The molecule has 3 rings (SSSR count). The van der Waals surface area contributed by atoms with Gasteiger partial charge in [-0.2, -0.15) is 4.31 Å². The minimum Gasteiger partial charge on any atom is -0.492 e. The summed E-state index contributed by atoms with van der Waals surface area (Å²) in [5, 5.41) is 2.73. The molecule has 1 heterocycles. The average Bonchev–Trinajstić information content (AvgIpc) is 2.70. The molecule has 2 aromatic carbocycles. The number of nitrogens with zero attached hydrogens (tertiary/aromatic N) is 1. The molecule has 0 aromatic heterocycles. The van der Waals surface area contributed by atoms with Crippen molar-refractivity contribution in [1.82, 2.24) is 4.31 Å². The van der Waals surface area contributed by atoms with E-state index in [0.717, 1.165) is 25.3 Å². The normalized spacial score (nSPS) is 15.1. The van der Waals surface area contributed by atoms with Crippen molar-refractivity contribution in [2.24, 2.45) is 0 Å². The molecule has 1 N–H and O–H groups in total. The molecule has 0 aliphatic carbocycles. The minimum atomic E-state index is -3.70. The number of ether oxygens (including phenoxy) is 1. The average molecular weight is 441 g/mol. The van der Waals surface area contributed by atoms with Crippen molar-refractivity contribution in [3.05, 3.63) is 52.8 Å². The number of sulfonamides is 1. The van der Waals surface area contributed by atoms with Crippen LogP contribution in [0.5, 0.6) is 5.75 Å². The van der Waals surface area contributed by atoms with Gasteiger partial charge in [-0.25, -0.2) is 12.8 Å². The van der Waals surface area contributed by atoms with Gasteiger partial charge >= 0.3 is 0 Å². The maximum Gasteiger partial charge on any atom is 0.258 e. The number of piperidine rings is 1. The Balaban J connectivity index is 1.93. The zero-order valence-corrected chi connectivity index (χ0v) is 17.5. The Morgan fingerprint density at radius 1 is 1.17 bits per heavy atom. The van der Waals surface area contributed by atoms with E-state index < -0.39 is 21.7 Å². The predicted octanol–water partition coefficient (Wildman–Crippen LogP) is 4.30. The van der Waals surface area contributed by atoms with Crippen LogP contribution in [0.15, 0.2) is 41.3 Å². The third-order valence-electron chi connectivity index (χ3n) is 4.63. The van der Waals surface area contributed by atoms with Gasteiger partial charge in [0.05, 0.1) is 22.8 Å². The number of carbonyl (C=O) groups excluding carboxylic acids is 1. The van der Waals surface area contributed by atoms with Crippen LogP contribution in [0.4, 0.5) is 10.1 Å². The molecule has 1 fully saturated rings. The molecule has 1 amide bonds. The highest BCUT2D eigenvalue weighted by Gasteiger charge is 2.27. The van der Waals surface area contributed by atoms with Crippen LogP contribution >= 0.6 is 11.6 Å². The zero-order valence-electron chi connectivity index (χ0n) is 16.0. The first-order chi connectivity index (χ1) is 13.8. The van der Waals surface area contributed by atoms with Crippen LogP contribution < -0.4 is 10.1 Å². The Kier molecular flexibility index (Phi) is 6.77. The lowest BCUT2D eigenvalue weighted by Gasteiger charge is -2.26. The summed E-state index contributed by atoms with van der Waals surface area (Å²) in [7, 11) is -3.70. The lowest BCUT2D eigenvalue weighted by atomic mass is 10.2. The van der Waals surface area contributed by atoms with Gasteiger partial charge in [0, 0.05) is 18.1 Å². The van der Waals surface area contributed by atoms with Crippen molar-refractivity contribution < 1.29 is 22.3 Å². The number of benzene rings is 2. The van der Waals surface area contributed by atoms with Crippen LogP contribution in [0, 0.1) is 5.82 Å². The Morgan fingerprint density at radius 3 is 2.55 bits per heavy atom. The molecule has 0 radical (unpaired) electrons. The van der Waals surface area contributed by atoms with E-state index in [9.17, 15) is 17.6 Å². The quantitative estimate of drug-likeness (QED) is 0.726. The Labute approximate surface area is 174 Å². The first kappa shape index (κ1) is 21.5. The van der Waals surface area contributed by atoms with Gasteiger partial charge in [-0.15, -0.1) is 0 Å². The topological polar surface area (TPSA) is 75.7 Å². The molecule has 0 saturated carbocycles. The number of anilines is 1.